The van der Waals surface area contributed by atoms with Gasteiger partial charge in [0.05, 0.1) is 12.1 Å². The second kappa shape index (κ2) is 6.82. The highest BCUT2D eigenvalue weighted by Gasteiger charge is 2.16. The van der Waals surface area contributed by atoms with Crippen LogP contribution in [-0.2, 0) is 11.2 Å². The third-order valence-electron chi connectivity index (χ3n) is 3.18. The van der Waals surface area contributed by atoms with Crippen LogP contribution < -0.4 is 11.1 Å². The number of pyridine rings is 1. The summed E-state index contributed by atoms with van der Waals surface area (Å²) in [6.45, 7) is 1.92. The molecule has 2 rings (SSSR count). The molecule has 1 unspecified atom stereocenters. The van der Waals surface area contributed by atoms with Crippen molar-refractivity contribution in [3.05, 3.63) is 66.0 Å². The van der Waals surface area contributed by atoms with Gasteiger partial charge in [-0.05, 0) is 30.5 Å². The lowest BCUT2D eigenvalue weighted by molar-refractivity contribution is -0.123. The first-order valence-electron chi connectivity index (χ1n) is 6.66. The first-order chi connectivity index (χ1) is 9.66. The van der Waals surface area contributed by atoms with E-state index in [9.17, 15) is 4.79 Å². The van der Waals surface area contributed by atoms with Gasteiger partial charge in [-0.1, -0.05) is 36.4 Å². The summed E-state index contributed by atoms with van der Waals surface area (Å²) in [5, 5.41) is 2.91. The number of carbonyl (C=O) groups is 1. The molecule has 0 spiro atoms. The quantitative estimate of drug-likeness (QED) is 0.870. The third-order valence-corrected chi connectivity index (χ3v) is 3.18. The monoisotopic (exact) mass is 269 g/mol. The molecular formula is C16H19N3O. The van der Waals surface area contributed by atoms with Gasteiger partial charge in [-0.25, -0.2) is 0 Å². The Morgan fingerprint density at radius 3 is 2.65 bits per heavy atom. The summed E-state index contributed by atoms with van der Waals surface area (Å²) >= 11 is 0. The van der Waals surface area contributed by atoms with Gasteiger partial charge in [-0.15, -0.1) is 0 Å². The Balaban J connectivity index is 1.91. The molecule has 0 aliphatic carbocycles. The van der Waals surface area contributed by atoms with Crippen LogP contribution in [0.5, 0.6) is 0 Å². The lowest BCUT2D eigenvalue weighted by Gasteiger charge is -2.17. The van der Waals surface area contributed by atoms with Crippen molar-refractivity contribution in [2.75, 3.05) is 0 Å². The molecule has 0 bridgehead atoms. The zero-order valence-electron chi connectivity index (χ0n) is 11.5. The van der Waals surface area contributed by atoms with Crippen LogP contribution in [0, 0.1) is 0 Å². The first kappa shape index (κ1) is 14.2. The maximum Gasteiger partial charge on any atom is 0.237 e. The van der Waals surface area contributed by atoms with Gasteiger partial charge in [0.2, 0.25) is 5.91 Å². The zero-order valence-corrected chi connectivity index (χ0v) is 11.5. The SMILES string of the molecule is C[C@H](NC(=O)C(N)Cc1ccccc1)c1cccnc1. The van der Waals surface area contributed by atoms with Crippen molar-refractivity contribution < 1.29 is 4.79 Å². The van der Waals surface area contributed by atoms with Crippen molar-refractivity contribution in [3.8, 4) is 0 Å². The Kier molecular flexibility index (Phi) is 4.85. The van der Waals surface area contributed by atoms with Crippen LogP contribution in [0.25, 0.3) is 0 Å². The second-order valence-corrected chi connectivity index (χ2v) is 4.81. The van der Waals surface area contributed by atoms with E-state index < -0.39 is 6.04 Å². The van der Waals surface area contributed by atoms with Gasteiger partial charge in [0.25, 0.3) is 0 Å². The van der Waals surface area contributed by atoms with Gasteiger partial charge in [0, 0.05) is 12.4 Å². The van der Waals surface area contributed by atoms with Crippen molar-refractivity contribution in [1.29, 1.82) is 0 Å². The van der Waals surface area contributed by atoms with Crippen LogP contribution in [-0.4, -0.2) is 16.9 Å². The lowest BCUT2D eigenvalue weighted by Crippen LogP contribution is -2.42. The van der Waals surface area contributed by atoms with Crippen LogP contribution in [0.1, 0.15) is 24.1 Å². The highest BCUT2D eigenvalue weighted by Crippen LogP contribution is 2.10. The van der Waals surface area contributed by atoms with Crippen LogP contribution >= 0.6 is 0 Å². The van der Waals surface area contributed by atoms with E-state index in [2.05, 4.69) is 10.3 Å². The van der Waals surface area contributed by atoms with Crippen molar-refractivity contribution >= 4 is 5.91 Å². The summed E-state index contributed by atoms with van der Waals surface area (Å²) in [4.78, 5) is 16.1. The predicted octanol–water partition coefficient (Wildman–Crippen LogP) is 1.83. The molecule has 0 aliphatic rings. The Labute approximate surface area is 119 Å². The van der Waals surface area contributed by atoms with Crippen LogP contribution in [0.4, 0.5) is 0 Å². The van der Waals surface area contributed by atoms with Crippen LogP contribution in [0.2, 0.25) is 0 Å². The van der Waals surface area contributed by atoms with Gasteiger partial charge in [0.1, 0.15) is 0 Å². The molecule has 2 atom stereocenters. The molecule has 20 heavy (non-hydrogen) atoms. The normalized spacial score (nSPS) is 13.5. The van der Waals surface area contributed by atoms with E-state index in [0.29, 0.717) is 6.42 Å². The molecule has 1 amide bonds. The number of nitrogens with one attached hydrogen (secondary N) is 1. The minimum absolute atomic E-state index is 0.0991. The molecule has 0 saturated carbocycles. The maximum atomic E-state index is 12.1. The Bertz CT molecular complexity index is 542. The van der Waals surface area contributed by atoms with E-state index in [1.54, 1.807) is 12.4 Å². The number of amides is 1. The number of nitrogens with zero attached hydrogens (tertiary/aromatic N) is 1. The van der Waals surface area contributed by atoms with Crippen LogP contribution in [0.3, 0.4) is 0 Å². The fraction of sp³-hybridized carbons (Fsp3) is 0.250. The van der Waals surface area contributed by atoms with E-state index in [-0.39, 0.29) is 11.9 Å². The van der Waals surface area contributed by atoms with Crippen molar-refractivity contribution in [1.82, 2.24) is 10.3 Å². The maximum absolute atomic E-state index is 12.1. The Morgan fingerprint density at radius 1 is 1.25 bits per heavy atom. The average Bonchev–Trinajstić information content (AvgIpc) is 2.49. The van der Waals surface area contributed by atoms with Crippen molar-refractivity contribution in [2.45, 2.75) is 25.4 Å². The topological polar surface area (TPSA) is 68.0 Å². The van der Waals surface area contributed by atoms with E-state index >= 15 is 0 Å². The van der Waals surface area contributed by atoms with Gasteiger partial charge in [-0.3, -0.25) is 9.78 Å². The molecule has 2 aromatic rings. The largest absolute Gasteiger partial charge is 0.348 e. The number of carbonyl (C=O) groups excluding carboxylic acids is 1. The highest BCUT2D eigenvalue weighted by atomic mass is 16.2. The second-order valence-electron chi connectivity index (χ2n) is 4.81. The summed E-state index contributed by atoms with van der Waals surface area (Å²) in [7, 11) is 0. The molecule has 0 saturated heterocycles. The summed E-state index contributed by atoms with van der Waals surface area (Å²) in [6.07, 6.45) is 3.99. The van der Waals surface area contributed by atoms with Gasteiger partial charge in [-0.2, -0.15) is 0 Å². The van der Waals surface area contributed by atoms with Crippen molar-refractivity contribution in [2.24, 2.45) is 5.73 Å². The number of hydrogen-bond donors (Lipinski definition) is 2. The van der Waals surface area contributed by atoms with Gasteiger partial charge >= 0.3 is 0 Å². The summed E-state index contributed by atoms with van der Waals surface area (Å²) < 4.78 is 0. The van der Waals surface area contributed by atoms with E-state index in [0.717, 1.165) is 11.1 Å². The molecule has 3 N–H and O–H groups in total. The molecule has 0 fully saturated rings. The molecule has 4 nitrogen and oxygen atoms in total. The number of hydrogen-bond acceptors (Lipinski definition) is 3. The highest BCUT2D eigenvalue weighted by molar-refractivity contribution is 5.82. The lowest BCUT2D eigenvalue weighted by atomic mass is 10.1. The summed E-state index contributed by atoms with van der Waals surface area (Å²) in [6, 6.07) is 12.9. The van der Waals surface area contributed by atoms with Gasteiger partial charge < -0.3 is 11.1 Å². The molecule has 0 radical (unpaired) electrons. The summed E-state index contributed by atoms with van der Waals surface area (Å²) in [5.74, 6) is -0.148. The first-order valence-corrected chi connectivity index (χ1v) is 6.66. The standard InChI is InChI=1S/C16H19N3O/c1-12(14-8-5-9-18-11-14)19-16(20)15(17)10-13-6-3-2-4-7-13/h2-9,11-12,15H,10,17H2,1H3,(H,19,20)/t12-,15?/m0/s1. The number of benzene rings is 1. The molecule has 1 aromatic carbocycles. The Hall–Kier alpha value is -2.20. The molecule has 1 heterocycles. The molecule has 4 heteroatoms. The number of rotatable bonds is 5. The van der Waals surface area contributed by atoms with E-state index in [1.807, 2.05) is 49.4 Å². The van der Waals surface area contributed by atoms with E-state index in [4.69, 9.17) is 5.73 Å². The number of aromatic nitrogens is 1. The number of nitrogens with two attached hydrogens (primary N) is 1. The van der Waals surface area contributed by atoms with Crippen molar-refractivity contribution in [3.63, 3.8) is 0 Å². The average molecular weight is 269 g/mol. The Morgan fingerprint density at radius 2 is 2.00 bits per heavy atom. The fourth-order valence-electron chi connectivity index (χ4n) is 2.00. The van der Waals surface area contributed by atoms with E-state index in [1.165, 1.54) is 0 Å². The minimum Gasteiger partial charge on any atom is -0.348 e. The fourth-order valence-corrected chi connectivity index (χ4v) is 2.00. The third kappa shape index (κ3) is 3.90. The zero-order chi connectivity index (χ0) is 14.4. The smallest absolute Gasteiger partial charge is 0.237 e. The minimum atomic E-state index is -0.545. The molecule has 1 aromatic heterocycles. The molecule has 104 valence electrons. The summed E-state index contributed by atoms with van der Waals surface area (Å²) in [5.41, 5.74) is 7.97. The molecule has 0 aliphatic heterocycles. The predicted molar refractivity (Wildman–Crippen MR) is 78.9 cm³/mol. The van der Waals surface area contributed by atoms with Gasteiger partial charge in [0.15, 0.2) is 0 Å². The molecular weight excluding hydrogens is 250 g/mol. The van der Waals surface area contributed by atoms with Crippen LogP contribution in [0.15, 0.2) is 54.9 Å².